The molecule has 0 unspecified atom stereocenters. The van der Waals surface area contributed by atoms with Crippen LogP contribution in [0.5, 0.6) is 34.5 Å². The van der Waals surface area contributed by atoms with Crippen LogP contribution in [0.25, 0.3) is 5.76 Å². The second-order valence-electron chi connectivity index (χ2n) is 8.98. The number of Topliss-reactive ketones (excluding diaryl/α,β-unsaturated/α-hetero) is 1. The summed E-state index contributed by atoms with van der Waals surface area (Å²) in [4.78, 5) is 32.5. The van der Waals surface area contributed by atoms with Gasteiger partial charge in [0.2, 0.25) is 18.3 Å². The van der Waals surface area contributed by atoms with Crippen LogP contribution in [0.4, 0.5) is 0 Å². The number of ketones is 1. The van der Waals surface area contributed by atoms with Gasteiger partial charge in [0.25, 0.3) is 11.7 Å². The Morgan fingerprint density at radius 2 is 1.73 bits per heavy atom. The van der Waals surface area contributed by atoms with E-state index in [4.69, 9.17) is 28.4 Å². The number of aryl methyl sites for hydroxylation is 1. The number of amides is 1. The van der Waals surface area contributed by atoms with E-state index in [1.807, 2.05) is 10.8 Å². The molecule has 0 saturated carbocycles. The summed E-state index contributed by atoms with van der Waals surface area (Å²) in [5, 5.41) is 11.5. The standard InChI is InChI=1S/C28H29N3O9/c1-35-18-7-6-16(12-19(18)36-2)23(32)21-22(17-13-20(37-3)26-27(25(17)38-4)40-15-39-26)31(28(34)24(21)33)10-5-9-30-11-8-29-14-30/h6-8,11-14,22,32H,5,9-10,15H2,1-4H3/t22-/m0/s1. The van der Waals surface area contributed by atoms with Crippen molar-refractivity contribution in [3.05, 3.63) is 59.7 Å². The first kappa shape index (κ1) is 26.7. The fraction of sp³-hybridized carbons (Fsp3) is 0.321. The van der Waals surface area contributed by atoms with Crippen LogP contribution in [0.3, 0.4) is 0 Å². The number of methoxy groups -OCH3 is 4. The number of carbonyl (C=O) groups is 2. The molecule has 12 nitrogen and oxygen atoms in total. The van der Waals surface area contributed by atoms with Crippen LogP contribution in [-0.4, -0.2) is 73.0 Å². The van der Waals surface area contributed by atoms with E-state index in [9.17, 15) is 14.7 Å². The zero-order valence-corrected chi connectivity index (χ0v) is 22.5. The van der Waals surface area contributed by atoms with Gasteiger partial charge in [-0.15, -0.1) is 0 Å². The molecular weight excluding hydrogens is 522 g/mol. The van der Waals surface area contributed by atoms with E-state index in [1.165, 1.54) is 39.4 Å². The molecule has 2 aliphatic rings. The van der Waals surface area contributed by atoms with Gasteiger partial charge in [-0.3, -0.25) is 9.59 Å². The Morgan fingerprint density at radius 3 is 2.40 bits per heavy atom. The van der Waals surface area contributed by atoms with Crippen LogP contribution in [0.2, 0.25) is 0 Å². The summed E-state index contributed by atoms with van der Waals surface area (Å²) < 4.78 is 35.1. The van der Waals surface area contributed by atoms with Gasteiger partial charge < -0.3 is 43.0 Å². The molecule has 0 spiro atoms. The van der Waals surface area contributed by atoms with Crippen molar-refractivity contribution in [2.24, 2.45) is 0 Å². The summed E-state index contributed by atoms with van der Waals surface area (Å²) in [7, 11) is 5.88. The number of likely N-dealkylation sites (tertiary alicyclic amines) is 1. The van der Waals surface area contributed by atoms with Crippen LogP contribution < -0.4 is 28.4 Å². The van der Waals surface area contributed by atoms with Gasteiger partial charge in [-0.25, -0.2) is 4.98 Å². The number of aromatic nitrogens is 2. The molecule has 0 aliphatic carbocycles. The maximum absolute atomic E-state index is 13.6. The molecule has 12 heteroatoms. The van der Waals surface area contributed by atoms with E-state index in [1.54, 1.807) is 30.7 Å². The number of imidazole rings is 1. The molecule has 2 aliphatic heterocycles. The highest BCUT2D eigenvalue weighted by Crippen LogP contribution is 2.54. The lowest BCUT2D eigenvalue weighted by Gasteiger charge is -2.27. The molecule has 1 amide bonds. The maximum atomic E-state index is 13.6. The minimum Gasteiger partial charge on any atom is -0.507 e. The van der Waals surface area contributed by atoms with Crippen LogP contribution in [0, 0.1) is 0 Å². The molecule has 210 valence electrons. The number of hydrogen-bond acceptors (Lipinski definition) is 10. The van der Waals surface area contributed by atoms with Crippen molar-refractivity contribution in [3.63, 3.8) is 0 Å². The maximum Gasteiger partial charge on any atom is 0.295 e. The number of aliphatic hydroxyl groups is 1. The fourth-order valence-electron chi connectivity index (χ4n) is 5.01. The molecular formula is C28H29N3O9. The Bertz CT molecular complexity index is 1470. The predicted octanol–water partition coefficient (Wildman–Crippen LogP) is 3.16. The Balaban J connectivity index is 1.67. The van der Waals surface area contributed by atoms with Crippen molar-refractivity contribution in [2.75, 3.05) is 41.8 Å². The normalized spacial score (nSPS) is 17.3. The lowest BCUT2D eigenvalue weighted by atomic mass is 9.93. The number of ether oxygens (including phenoxy) is 6. The van der Waals surface area contributed by atoms with E-state index < -0.39 is 17.7 Å². The topological polar surface area (TPSA) is 131 Å². The third-order valence-corrected chi connectivity index (χ3v) is 6.88. The Hall–Kier alpha value is -4.87. The summed E-state index contributed by atoms with van der Waals surface area (Å²) in [6.07, 6.45) is 5.67. The molecule has 3 aromatic rings. The Morgan fingerprint density at radius 1 is 0.975 bits per heavy atom. The second-order valence-corrected chi connectivity index (χ2v) is 8.98. The van der Waals surface area contributed by atoms with Crippen molar-refractivity contribution >= 4 is 17.4 Å². The highest BCUT2D eigenvalue weighted by Gasteiger charge is 2.48. The van der Waals surface area contributed by atoms with Crippen molar-refractivity contribution in [1.82, 2.24) is 14.5 Å². The van der Waals surface area contributed by atoms with Gasteiger partial charge in [-0.1, -0.05) is 0 Å². The molecule has 1 atom stereocenters. The van der Waals surface area contributed by atoms with Crippen LogP contribution in [0.1, 0.15) is 23.6 Å². The van der Waals surface area contributed by atoms with Crippen molar-refractivity contribution in [1.29, 1.82) is 0 Å². The number of fused-ring (bicyclic) bond motifs is 1. The van der Waals surface area contributed by atoms with E-state index in [-0.39, 0.29) is 41.7 Å². The van der Waals surface area contributed by atoms with Gasteiger partial charge in [0.15, 0.2) is 23.0 Å². The van der Waals surface area contributed by atoms with Gasteiger partial charge in [-0.2, -0.15) is 0 Å². The number of benzene rings is 2. The quantitative estimate of drug-likeness (QED) is 0.228. The lowest BCUT2D eigenvalue weighted by molar-refractivity contribution is -0.140. The first-order valence-corrected chi connectivity index (χ1v) is 12.4. The fourth-order valence-corrected chi connectivity index (χ4v) is 5.01. The Kier molecular flexibility index (Phi) is 7.41. The molecule has 5 rings (SSSR count). The van der Waals surface area contributed by atoms with E-state index in [0.717, 1.165) is 0 Å². The number of rotatable bonds is 10. The van der Waals surface area contributed by atoms with Crippen molar-refractivity contribution in [3.8, 4) is 34.5 Å². The van der Waals surface area contributed by atoms with Crippen LogP contribution in [-0.2, 0) is 16.1 Å². The largest absolute Gasteiger partial charge is 0.507 e. The molecule has 1 fully saturated rings. The average Bonchev–Trinajstić information content (AvgIpc) is 3.73. The number of aliphatic hydroxyl groups excluding tert-OH is 1. The third kappa shape index (κ3) is 4.51. The van der Waals surface area contributed by atoms with Crippen LogP contribution >= 0.6 is 0 Å². The molecule has 0 radical (unpaired) electrons. The SMILES string of the molecule is COc1ccc(C(O)=C2C(=O)C(=O)N(CCCn3ccnc3)[C@H]2c2cc(OC)c3c(c2OC)OCO3)cc1OC. The monoisotopic (exact) mass is 551 g/mol. The number of nitrogens with zero attached hydrogens (tertiary/aromatic N) is 3. The van der Waals surface area contributed by atoms with Crippen LogP contribution in [0.15, 0.2) is 48.6 Å². The summed E-state index contributed by atoms with van der Waals surface area (Å²) in [6, 6.07) is 5.34. The summed E-state index contributed by atoms with van der Waals surface area (Å²) in [6.45, 7) is 0.714. The lowest BCUT2D eigenvalue weighted by Crippen LogP contribution is -2.31. The molecule has 40 heavy (non-hydrogen) atoms. The molecule has 1 aromatic heterocycles. The van der Waals surface area contributed by atoms with Gasteiger partial charge in [0.1, 0.15) is 5.76 Å². The first-order valence-electron chi connectivity index (χ1n) is 12.4. The number of hydrogen-bond donors (Lipinski definition) is 1. The minimum absolute atomic E-state index is 0.0533. The zero-order chi connectivity index (χ0) is 28.4. The third-order valence-electron chi connectivity index (χ3n) is 6.88. The van der Waals surface area contributed by atoms with E-state index in [2.05, 4.69) is 4.98 Å². The van der Waals surface area contributed by atoms with Gasteiger partial charge in [0.05, 0.1) is 46.4 Å². The first-order chi connectivity index (χ1) is 19.4. The predicted molar refractivity (Wildman–Crippen MR) is 141 cm³/mol. The van der Waals surface area contributed by atoms with Gasteiger partial charge in [-0.05, 0) is 30.7 Å². The molecule has 2 aromatic carbocycles. The van der Waals surface area contributed by atoms with Crippen molar-refractivity contribution < 1.29 is 43.1 Å². The van der Waals surface area contributed by atoms with Gasteiger partial charge >= 0.3 is 0 Å². The molecule has 0 bridgehead atoms. The van der Waals surface area contributed by atoms with E-state index in [0.29, 0.717) is 41.5 Å². The summed E-state index contributed by atoms with van der Waals surface area (Å²) in [5.74, 6) is 0.0521. The zero-order valence-electron chi connectivity index (χ0n) is 22.5. The van der Waals surface area contributed by atoms with E-state index >= 15 is 0 Å². The summed E-state index contributed by atoms with van der Waals surface area (Å²) in [5.41, 5.74) is 0.553. The Labute approximate surface area is 230 Å². The second kappa shape index (κ2) is 11.1. The average molecular weight is 552 g/mol. The highest BCUT2D eigenvalue weighted by atomic mass is 16.7. The van der Waals surface area contributed by atoms with Crippen molar-refractivity contribution in [2.45, 2.75) is 19.0 Å². The molecule has 3 heterocycles. The molecule has 1 saturated heterocycles. The highest BCUT2D eigenvalue weighted by molar-refractivity contribution is 6.46. The summed E-state index contributed by atoms with van der Waals surface area (Å²) >= 11 is 0. The number of carbonyl (C=O) groups excluding carboxylic acids is 2. The minimum atomic E-state index is -1.02. The van der Waals surface area contributed by atoms with Gasteiger partial charge in [0, 0.05) is 36.6 Å². The molecule has 1 N–H and O–H groups in total. The smallest absolute Gasteiger partial charge is 0.295 e.